The summed E-state index contributed by atoms with van der Waals surface area (Å²) >= 11 is 0. The van der Waals surface area contributed by atoms with Crippen molar-refractivity contribution in [1.82, 2.24) is 19.7 Å². The number of hydrogen-bond donors (Lipinski definition) is 0. The molecule has 6 heteroatoms. The number of carbonyl (C=O) groups is 1. The summed E-state index contributed by atoms with van der Waals surface area (Å²) in [5.74, 6) is 0.488. The van der Waals surface area contributed by atoms with Crippen molar-refractivity contribution in [3.8, 4) is 28.3 Å². The van der Waals surface area contributed by atoms with Gasteiger partial charge < -0.3 is 4.74 Å². The van der Waals surface area contributed by atoms with Gasteiger partial charge in [0.2, 0.25) is 0 Å². The van der Waals surface area contributed by atoms with Gasteiger partial charge in [-0.3, -0.25) is 9.48 Å². The average molecular weight is 386 g/mol. The molecule has 0 fully saturated rings. The minimum atomic E-state index is -0.0577. The molecule has 2 heterocycles. The molecule has 0 unspecified atom stereocenters. The fraction of sp³-hybridized carbons (Fsp3) is 0.217. The minimum Gasteiger partial charge on any atom is -0.493 e. The second-order valence-electron chi connectivity index (χ2n) is 6.69. The van der Waals surface area contributed by atoms with Gasteiger partial charge in [-0.15, -0.1) is 0 Å². The lowest BCUT2D eigenvalue weighted by Gasteiger charge is -2.11. The van der Waals surface area contributed by atoms with Gasteiger partial charge in [-0.05, 0) is 26.8 Å². The Morgan fingerprint density at radius 3 is 2.55 bits per heavy atom. The summed E-state index contributed by atoms with van der Waals surface area (Å²) < 4.78 is 7.56. The molecule has 2 aromatic heterocycles. The van der Waals surface area contributed by atoms with Crippen molar-refractivity contribution in [2.45, 2.75) is 27.3 Å². The Kier molecular flexibility index (Phi) is 5.08. The van der Waals surface area contributed by atoms with E-state index < -0.39 is 0 Å². The van der Waals surface area contributed by atoms with Crippen molar-refractivity contribution in [2.75, 3.05) is 6.61 Å². The van der Waals surface area contributed by atoms with Crippen LogP contribution in [0.4, 0.5) is 0 Å². The molecule has 6 nitrogen and oxygen atoms in total. The number of Topliss-reactive ketones (excluding diaryl/α,β-unsaturated/α-hetero) is 1. The van der Waals surface area contributed by atoms with Crippen LogP contribution in [0.3, 0.4) is 0 Å². The van der Waals surface area contributed by atoms with Gasteiger partial charge in [0.25, 0.3) is 0 Å². The van der Waals surface area contributed by atoms with Crippen LogP contribution < -0.4 is 4.74 Å². The first-order valence-electron chi connectivity index (χ1n) is 9.68. The molecule has 0 spiro atoms. The maximum atomic E-state index is 12.2. The Morgan fingerprint density at radius 1 is 1.07 bits per heavy atom. The van der Waals surface area contributed by atoms with E-state index in [1.165, 1.54) is 6.92 Å². The van der Waals surface area contributed by atoms with Crippen molar-refractivity contribution in [2.24, 2.45) is 0 Å². The Balaban J connectivity index is 1.99. The summed E-state index contributed by atoms with van der Waals surface area (Å²) in [6.45, 7) is 6.70. The van der Waals surface area contributed by atoms with Crippen LogP contribution in [0.5, 0.6) is 5.75 Å². The van der Waals surface area contributed by atoms with Crippen molar-refractivity contribution >= 4 is 16.7 Å². The molecule has 0 aliphatic carbocycles. The highest BCUT2D eigenvalue weighted by molar-refractivity contribution is 6.04. The molecular weight excluding hydrogens is 364 g/mol. The minimum absolute atomic E-state index is 0.0577. The first kappa shape index (κ1) is 18.8. The van der Waals surface area contributed by atoms with Crippen LogP contribution in [0.1, 0.15) is 31.1 Å². The van der Waals surface area contributed by atoms with Crippen LogP contribution in [-0.4, -0.2) is 32.1 Å². The maximum Gasteiger partial charge on any atom is 0.163 e. The lowest BCUT2D eigenvalue weighted by Crippen LogP contribution is -2.02. The topological polar surface area (TPSA) is 69.9 Å². The molecule has 0 saturated carbocycles. The van der Waals surface area contributed by atoms with E-state index >= 15 is 0 Å². The summed E-state index contributed by atoms with van der Waals surface area (Å²) in [5, 5.41) is 5.55. The lowest BCUT2D eigenvalue weighted by molar-refractivity contribution is 0.101. The van der Waals surface area contributed by atoms with Crippen molar-refractivity contribution in [1.29, 1.82) is 0 Å². The predicted octanol–water partition coefficient (Wildman–Crippen LogP) is 4.78. The van der Waals surface area contributed by atoms with Crippen LogP contribution in [0.25, 0.3) is 33.4 Å². The number of rotatable bonds is 6. The number of ether oxygens (including phenoxy) is 1. The van der Waals surface area contributed by atoms with Crippen LogP contribution in [-0.2, 0) is 6.54 Å². The molecule has 4 aromatic rings. The van der Waals surface area contributed by atoms with Gasteiger partial charge in [-0.1, -0.05) is 30.3 Å². The molecule has 2 aromatic carbocycles. The van der Waals surface area contributed by atoms with Gasteiger partial charge in [0.05, 0.1) is 23.4 Å². The van der Waals surface area contributed by atoms with Crippen molar-refractivity contribution in [3.63, 3.8) is 0 Å². The number of nitrogens with zero attached hydrogens (tertiary/aromatic N) is 4. The Labute approximate surface area is 169 Å². The van der Waals surface area contributed by atoms with E-state index in [1.54, 1.807) is 6.33 Å². The largest absolute Gasteiger partial charge is 0.493 e. The molecule has 0 aliphatic rings. The highest BCUT2D eigenvalue weighted by Gasteiger charge is 2.19. The van der Waals surface area contributed by atoms with E-state index in [0.29, 0.717) is 17.9 Å². The van der Waals surface area contributed by atoms with E-state index in [-0.39, 0.29) is 5.78 Å². The highest BCUT2D eigenvalue weighted by atomic mass is 16.5. The number of aromatic nitrogens is 4. The van der Waals surface area contributed by atoms with E-state index in [1.807, 2.05) is 67.2 Å². The molecule has 0 radical (unpaired) electrons. The monoisotopic (exact) mass is 386 g/mol. The summed E-state index contributed by atoms with van der Waals surface area (Å²) in [5.41, 5.74) is 4.78. The zero-order valence-corrected chi connectivity index (χ0v) is 16.7. The average Bonchev–Trinajstić information content (AvgIpc) is 3.18. The Hall–Kier alpha value is -3.54. The maximum absolute atomic E-state index is 12.2. The predicted molar refractivity (Wildman–Crippen MR) is 113 cm³/mol. The lowest BCUT2D eigenvalue weighted by atomic mass is 10.00. The first-order chi connectivity index (χ1) is 14.1. The highest BCUT2D eigenvalue weighted by Crippen LogP contribution is 2.35. The van der Waals surface area contributed by atoms with Crippen molar-refractivity contribution < 1.29 is 9.53 Å². The third-order valence-electron chi connectivity index (χ3n) is 4.80. The quantitative estimate of drug-likeness (QED) is 0.446. The SMILES string of the molecule is CCOc1cc2ncnc(-c3cn(CC)nc3-c3ccccc3)c2cc1C(C)=O. The number of hydrogen-bond acceptors (Lipinski definition) is 5. The second-order valence-corrected chi connectivity index (χ2v) is 6.69. The molecule has 0 amide bonds. The van der Waals surface area contributed by atoms with E-state index in [4.69, 9.17) is 9.84 Å². The number of ketones is 1. The number of carbonyl (C=O) groups excluding carboxylic acids is 1. The van der Waals surface area contributed by atoms with Gasteiger partial charge >= 0.3 is 0 Å². The van der Waals surface area contributed by atoms with Gasteiger partial charge in [0, 0.05) is 35.3 Å². The third-order valence-corrected chi connectivity index (χ3v) is 4.80. The summed E-state index contributed by atoms with van der Waals surface area (Å²) in [6.07, 6.45) is 3.53. The van der Waals surface area contributed by atoms with Gasteiger partial charge in [0.1, 0.15) is 17.8 Å². The number of fused-ring (bicyclic) bond motifs is 1. The molecule has 146 valence electrons. The summed E-state index contributed by atoms with van der Waals surface area (Å²) in [4.78, 5) is 21.2. The summed E-state index contributed by atoms with van der Waals surface area (Å²) in [7, 11) is 0. The van der Waals surface area contributed by atoms with Crippen LogP contribution in [0.2, 0.25) is 0 Å². The molecule has 0 atom stereocenters. The van der Waals surface area contributed by atoms with Gasteiger partial charge in [0.15, 0.2) is 5.78 Å². The zero-order valence-electron chi connectivity index (χ0n) is 16.7. The third kappa shape index (κ3) is 3.49. The van der Waals surface area contributed by atoms with Crippen LogP contribution in [0, 0.1) is 0 Å². The Morgan fingerprint density at radius 2 is 1.86 bits per heavy atom. The number of aryl methyl sites for hydroxylation is 1. The molecule has 0 bridgehead atoms. The second kappa shape index (κ2) is 7.83. The zero-order chi connectivity index (χ0) is 20.4. The molecule has 4 rings (SSSR count). The molecule has 0 N–H and O–H groups in total. The van der Waals surface area contributed by atoms with E-state index in [9.17, 15) is 4.79 Å². The first-order valence-corrected chi connectivity index (χ1v) is 9.68. The molecule has 29 heavy (non-hydrogen) atoms. The van der Waals surface area contributed by atoms with Crippen LogP contribution in [0.15, 0.2) is 55.0 Å². The molecule has 0 saturated heterocycles. The normalized spacial score (nSPS) is 11.0. The van der Waals surface area contributed by atoms with Crippen LogP contribution >= 0.6 is 0 Å². The van der Waals surface area contributed by atoms with Gasteiger partial charge in [-0.25, -0.2) is 9.97 Å². The van der Waals surface area contributed by atoms with E-state index in [0.717, 1.165) is 40.0 Å². The molecular formula is C23H22N4O2. The van der Waals surface area contributed by atoms with Gasteiger partial charge in [-0.2, -0.15) is 5.10 Å². The number of benzene rings is 2. The van der Waals surface area contributed by atoms with Crippen molar-refractivity contribution in [3.05, 3.63) is 60.6 Å². The smallest absolute Gasteiger partial charge is 0.163 e. The molecule has 0 aliphatic heterocycles. The standard InChI is InChI=1S/C23H22N4O2/c1-4-27-13-19(22(26-27)16-9-7-6-8-10-16)23-18-11-17(15(3)28)21(29-5-2)12-20(18)24-14-25-23/h6-14H,4-5H2,1-3H3. The fourth-order valence-electron chi connectivity index (χ4n) is 3.41. The Bertz CT molecular complexity index is 1180. The fourth-order valence-corrected chi connectivity index (χ4v) is 3.41. The summed E-state index contributed by atoms with van der Waals surface area (Å²) in [6, 6.07) is 13.7. The van der Waals surface area contributed by atoms with E-state index in [2.05, 4.69) is 9.97 Å².